The molecule has 1 aliphatic heterocycles. The van der Waals surface area contributed by atoms with Crippen molar-refractivity contribution in [3.8, 4) is 0 Å². The molecule has 1 aromatic heterocycles. The van der Waals surface area contributed by atoms with E-state index < -0.39 is 31.6 Å². The number of aliphatic hydroxyl groups is 3. The predicted octanol–water partition coefficient (Wildman–Crippen LogP) is 0.941. The minimum Gasteiger partial charge on any atom is -0.394 e. The Morgan fingerprint density at radius 3 is 2.58 bits per heavy atom. The third kappa shape index (κ3) is 7.88. The fourth-order valence-corrected chi connectivity index (χ4v) is 3.57. The number of hydrogen-bond acceptors (Lipinski definition) is 11. The van der Waals surface area contributed by atoms with Crippen LogP contribution in [0.15, 0.2) is 5.03 Å². The fraction of sp³-hybridized carbons (Fsp3) is 0.737. The minimum absolute atomic E-state index is 0.407. The highest BCUT2D eigenvalue weighted by Gasteiger charge is 2.31. The fourth-order valence-electron chi connectivity index (χ4n) is 3.19. The molecular formula is C19H34N6O4S2. The van der Waals surface area contributed by atoms with Crippen molar-refractivity contribution < 1.29 is 20.1 Å². The molecule has 6 N–H and O–H groups in total. The van der Waals surface area contributed by atoms with Crippen LogP contribution < -0.4 is 20.9 Å². The van der Waals surface area contributed by atoms with Gasteiger partial charge in [-0.3, -0.25) is 0 Å². The van der Waals surface area contributed by atoms with Crippen LogP contribution in [0.4, 0.5) is 17.5 Å². The predicted molar refractivity (Wildman–Crippen MR) is 128 cm³/mol. The van der Waals surface area contributed by atoms with Crippen molar-refractivity contribution in [3.63, 3.8) is 0 Å². The molecule has 3 atom stereocenters. The molecule has 0 saturated heterocycles. The first-order valence-corrected chi connectivity index (χ1v) is 11.4. The van der Waals surface area contributed by atoms with Crippen LogP contribution in [-0.2, 0) is 4.74 Å². The largest absolute Gasteiger partial charge is 0.394 e. The Kier molecular flexibility index (Phi) is 11.0. The van der Waals surface area contributed by atoms with E-state index in [1.807, 2.05) is 11.8 Å². The number of anilines is 3. The molecule has 2 heterocycles. The van der Waals surface area contributed by atoms with E-state index >= 15 is 0 Å². The van der Waals surface area contributed by atoms with Crippen LogP contribution in [0.1, 0.15) is 39.5 Å². The topological polar surface area (TPSA) is 135 Å². The number of rotatable bonds is 14. The van der Waals surface area contributed by atoms with Crippen molar-refractivity contribution in [2.45, 2.75) is 63.0 Å². The van der Waals surface area contributed by atoms with Gasteiger partial charge in [0.2, 0.25) is 5.95 Å². The zero-order valence-electron chi connectivity index (χ0n) is 18.0. The van der Waals surface area contributed by atoms with E-state index in [0.717, 1.165) is 43.8 Å². The van der Waals surface area contributed by atoms with E-state index in [1.54, 1.807) is 6.92 Å². The molecule has 10 nitrogen and oxygen atoms in total. The van der Waals surface area contributed by atoms with Gasteiger partial charge in [0.15, 0.2) is 5.82 Å². The number of hydrogen-bond donors (Lipinski definition) is 7. The minimum atomic E-state index is -1.17. The zero-order chi connectivity index (χ0) is 22.8. The molecule has 0 spiro atoms. The molecule has 1 unspecified atom stereocenters. The number of nitrogens with zero attached hydrogens (tertiary/aromatic N) is 3. The number of thiol groups is 1. The van der Waals surface area contributed by atoms with Crippen molar-refractivity contribution in [3.05, 3.63) is 0 Å². The Hall–Kier alpha value is -1.44. The van der Waals surface area contributed by atoms with E-state index in [2.05, 4.69) is 38.5 Å². The van der Waals surface area contributed by atoms with Gasteiger partial charge in [-0.25, -0.2) is 4.98 Å². The highest BCUT2D eigenvalue weighted by molar-refractivity contribution is 7.80. The van der Waals surface area contributed by atoms with Gasteiger partial charge >= 0.3 is 0 Å². The lowest BCUT2D eigenvalue weighted by Crippen LogP contribution is -2.44. The highest BCUT2D eigenvalue weighted by atomic mass is 32.1. The highest BCUT2D eigenvalue weighted by Crippen LogP contribution is 2.36. The molecular weight excluding hydrogens is 440 g/mol. The van der Waals surface area contributed by atoms with Crippen LogP contribution in [0.2, 0.25) is 0 Å². The molecule has 176 valence electrons. The van der Waals surface area contributed by atoms with Gasteiger partial charge in [0.25, 0.3) is 0 Å². The molecule has 2 rings (SSSR count). The van der Waals surface area contributed by atoms with Crippen LogP contribution in [0.3, 0.4) is 0 Å². The third-order valence-corrected chi connectivity index (χ3v) is 5.40. The summed E-state index contributed by atoms with van der Waals surface area (Å²) in [5, 5.41) is 38.4. The first-order valence-electron chi connectivity index (χ1n) is 10.5. The van der Waals surface area contributed by atoms with E-state index in [9.17, 15) is 10.2 Å². The second-order valence-electron chi connectivity index (χ2n) is 7.40. The molecule has 0 aliphatic carbocycles. The lowest BCUT2D eigenvalue weighted by Gasteiger charge is -2.30. The molecule has 0 amide bonds. The SMILES string of the molecule is CC(=S)NCCCCCCNc1nc(S)c2c(n1)N(C(C)O[C@H](CO)[C@H](O)CO)CN2. The standard InChI is InChI=1S/C19H34N6O4S2/c1-12(30)20-7-5-3-4-6-8-21-19-23-17-16(18(31)24-19)22-11-25(17)13(2)29-15(10-27)14(28)9-26/h13-15,22,26-28H,3-11H2,1-2H3,(H,20,30)(H2,21,23,24,31)/t13?,14-,15-/m1/s1. The van der Waals surface area contributed by atoms with Gasteiger partial charge < -0.3 is 40.9 Å². The monoisotopic (exact) mass is 474 g/mol. The molecule has 0 aromatic carbocycles. The lowest BCUT2D eigenvalue weighted by atomic mass is 10.2. The quantitative estimate of drug-likeness (QED) is 0.0898. The second kappa shape index (κ2) is 13.2. The summed E-state index contributed by atoms with van der Waals surface area (Å²) < 4.78 is 5.74. The van der Waals surface area contributed by atoms with Gasteiger partial charge in [-0.1, -0.05) is 25.1 Å². The average Bonchev–Trinajstić information content (AvgIpc) is 3.17. The normalized spacial score (nSPS) is 15.7. The number of unbranched alkanes of at least 4 members (excludes halogenated alkanes) is 3. The summed E-state index contributed by atoms with van der Waals surface area (Å²) in [5.41, 5.74) is 0.703. The van der Waals surface area contributed by atoms with E-state index in [1.165, 1.54) is 0 Å². The Labute approximate surface area is 194 Å². The summed E-state index contributed by atoms with van der Waals surface area (Å²) in [4.78, 5) is 11.7. The van der Waals surface area contributed by atoms with Crippen molar-refractivity contribution in [1.29, 1.82) is 0 Å². The van der Waals surface area contributed by atoms with Gasteiger partial charge in [0.05, 0.1) is 24.9 Å². The van der Waals surface area contributed by atoms with Gasteiger partial charge in [0, 0.05) is 13.1 Å². The third-order valence-electron chi connectivity index (χ3n) is 4.94. The summed E-state index contributed by atoms with van der Waals surface area (Å²) in [6.07, 6.45) is 1.73. The Morgan fingerprint density at radius 2 is 1.94 bits per heavy atom. The molecule has 1 aliphatic rings. The van der Waals surface area contributed by atoms with Crippen molar-refractivity contribution >= 4 is 47.3 Å². The van der Waals surface area contributed by atoms with E-state index in [4.69, 9.17) is 22.1 Å². The summed E-state index contributed by atoms with van der Waals surface area (Å²) in [5.74, 6) is 1.11. The molecule has 0 radical (unpaired) electrons. The van der Waals surface area contributed by atoms with E-state index in [-0.39, 0.29) is 0 Å². The summed E-state index contributed by atoms with van der Waals surface area (Å²) in [6.45, 7) is 4.86. The number of nitrogens with one attached hydrogen (secondary N) is 3. The van der Waals surface area contributed by atoms with Crippen molar-refractivity contribution in [1.82, 2.24) is 15.3 Å². The lowest BCUT2D eigenvalue weighted by molar-refractivity contribution is -0.105. The summed E-state index contributed by atoms with van der Waals surface area (Å²) in [6, 6.07) is 0. The maximum absolute atomic E-state index is 9.78. The summed E-state index contributed by atoms with van der Waals surface area (Å²) >= 11 is 9.46. The number of aromatic nitrogens is 2. The molecule has 1 aromatic rings. The molecule has 0 bridgehead atoms. The maximum Gasteiger partial charge on any atom is 0.225 e. The zero-order valence-corrected chi connectivity index (χ0v) is 19.8. The molecule has 0 fully saturated rings. The van der Waals surface area contributed by atoms with Crippen molar-refractivity contribution in [2.24, 2.45) is 0 Å². The number of aliphatic hydroxyl groups excluding tert-OH is 3. The smallest absolute Gasteiger partial charge is 0.225 e. The first-order chi connectivity index (χ1) is 14.9. The van der Waals surface area contributed by atoms with Gasteiger partial charge in [-0.15, -0.1) is 12.6 Å². The number of ether oxygens (including phenoxy) is 1. The van der Waals surface area contributed by atoms with Gasteiger partial charge in [-0.05, 0) is 26.7 Å². The van der Waals surface area contributed by atoms with Crippen LogP contribution in [0.25, 0.3) is 0 Å². The van der Waals surface area contributed by atoms with E-state index in [0.29, 0.717) is 29.1 Å². The van der Waals surface area contributed by atoms with Crippen LogP contribution in [0, 0.1) is 0 Å². The van der Waals surface area contributed by atoms with Crippen LogP contribution in [-0.4, -0.2) is 81.7 Å². The molecule has 12 heteroatoms. The molecule has 0 saturated carbocycles. The Balaban J connectivity index is 1.88. The number of thiocarbonyl (C=S) groups is 1. The van der Waals surface area contributed by atoms with Gasteiger partial charge in [-0.2, -0.15) is 4.98 Å². The Bertz CT molecular complexity index is 714. The first kappa shape index (κ1) is 25.8. The Morgan fingerprint density at radius 1 is 1.23 bits per heavy atom. The van der Waals surface area contributed by atoms with Crippen LogP contribution in [0.5, 0.6) is 0 Å². The van der Waals surface area contributed by atoms with Gasteiger partial charge in [0.1, 0.15) is 29.1 Å². The van der Waals surface area contributed by atoms with Crippen LogP contribution >= 0.6 is 24.8 Å². The second-order valence-corrected chi connectivity index (χ2v) is 8.44. The van der Waals surface area contributed by atoms with Crippen molar-refractivity contribution in [2.75, 3.05) is 48.5 Å². The maximum atomic E-state index is 9.78. The average molecular weight is 475 g/mol. The number of fused-ring (bicyclic) bond motifs is 1. The molecule has 31 heavy (non-hydrogen) atoms. The summed E-state index contributed by atoms with van der Waals surface area (Å²) in [7, 11) is 0.